The third-order valence-electron chi connectivity index (χ3n) is 2.27. The molecule has 0 saturated carbocycles. The summed E-state index contributed by atoms with van der Waals surface area (Å²) in [6.07, 6.45) is 1.50. The lowest BCUT2D eigenvalue weighted by Gasteiger charge is -2.08. The number of hydrogen-bond donors (Lipinski definition) is 1. The van der Waals surface area contributed by atoms with Crippen LogP contribution in [-0.2, 0) is 11.3 Å². The van der Waals surface area contributed by atoms with Crippen LogP contribution in [0.5, 0.6) is 0 Å². The number of ether oxygens (including phenoxy) is 1. The molecule has 3 nitrogen and oxygen atoms in total. The van der Waals surface area contributed by atoms with Gasteiger partial charge in [-0.15, -0.1) is 0 Å². The van der Waals surface area contributed by atoms with Gasteiger partial charge in [0, 0.05) is 23.1 Å². The Morgan fingerprint density at radius 2 is 2.06 bits per heavy atom. The van der Waals surface area contributed by atoms with E-state index in [1.54, 1.807) is 6.07 Å². The first-order valence-corrected chi connectivity index (χ1v) is 5.78. The number of hydrogen-bond acceptors (Lipinski definition) is 3. The number of halogens is 2. The molecule has 0 fully saturated rings. The minimum atomic E-state index is 0.217. The molecule has 5 heteroatoms. The fourth-order valence-electron chi connectivity index (χ4n) is 1.53. The molecule has 0 aromatic heterocycles. The quantitative estimate of drug-likeness (QED) is 0.901. The van der Waals surface area contributed by atoms with Gasteiger partial charge in [-0.3, -0.25) is 4.99 Å². The summed E-state index contributed by atoms with van der Waals surface area (Å²) in [5.41, 5.74) is 1.07. The van der Waals surface area contributed by atoms with Gasteiger partial charge in [0.25, 0.3) is 0 Å². The molecule has 1 atom stereocenters. The van der Waals surface area contributed by atoms with Crippen molar-refractivity contribution in [1.29, 1.82) is 0 Å². The van der Waals surface area contributed by atoms with E-state index < -0.39 is 0 Å². The summed E-state index contributed by atoms with van der Waals surface area (Å²) in [5, 5.41) is 4.60. The van der Waals surface area contributed by atoms with Gasteiger partial charge in [0.1, 0.15) is 6.61 Å². The van der Waals surface area contributed by atoms with E-state index >= 15 is 0 Å². The summed E-state index contributed by atoms with van der Waals surface area (Å²) in [6.45, 7) is 2.18. The Hall–Kier alpha value is -0.770. The second kappa shape index (κ2) is 5.53. The third-order valence-corrected chi connectivity index (χ3v) is 2.70. The first-order chi connectivity index (χ1) is 7.74. The highest BCUT2D eigenvalue weighted by Gasteiger charge is 2.10. The molecule has 0 bridgehead atoms. The van der Waals surface area contributed by atoms with Crippen molar-refractivity contribution < 1.29 is 4.74 Å². The highest BCUT2D eigenvalue weighted by molar-refractivity contribution is 6.34. The smallest absolute Gasteiger partial charge is 0.169 e. The molecule has 0 aliphatic carbocycles. The van der Waals surface area contributed by atoms with Crippen LogP contribution in [0.4, 0.5) is 0 Å². The van der Waals surface area contributed by atoms with E-state index in [1.165, 1.54) is 6.40 Å². The zero-order chi connectivity index (χ0) is 11.4. The highest BCUT2D eigenvalue weighted by Crippen LogP contribution is 2.18. The van der Waals surface area contributed by atoms with E-state index in [1.807, 2.05) is 12.1 Å². The van der Waals surface area contributed by atoms with Gasteiger partial charge < -0.3 is 10.1 Å². The van der Waals surface area contributed by atoms with Crippen molar-refractivity contribution >= 4 is 29.6 Å². The van der Waals surface area contributed by atoms with Gasteiger partial charge in [0.05, 0.1) is 6.04 Å². The van der Waals surface area contributed by atoms with Crippen LogP contribution in [0.2, 0.25) is 10.0 Å². The van der Waals surface area contributed by atoms with E-state index in [0.29, 0.717) is 16.7 Å². The van der Waals surface area contributed by atoms with E-state index in [2.05, 4.69) is 10.3 Å². The van der Waals surface area contributed by atoms with Crippen LogP contribution in [0, 0.1) is 0 Å². The fraction of sp³-hybridized carbons (Fsp3) is 0.364. The van der Waals surface area contributed by atoms with Gasteiger partial charge in [-0.05, 0) is 23.8 Å². The van der Waals surface area contributed by atoms with Crippen LogP contribution in [0.3, 0.4) is 0 Å². The summed E-state index contributed by atoms with van der Waals surface area (Å²) >= 11 is 11.8. The van der Waals surface area contributed by atoms with E-state index in [0.717, 1.165) is 18.7 Å². The van der Waals surface area contributed by atoms with E-state index in [9.17, 15) is 0 Å². The molecule has 0 amide bonds. The van der Waals surface area contributed by atoms with Gasteiger partial charge in [0.2, 0.25) is 0 Å². The van der Waals surface area contributed by atoms with Crippen LogP contribution in [-0.4, -0.2) is 25.6 Å². The molecule has 86 valence electrons. The van der Waals surface area contributed by atoms with Crippen molar-refractivity contribution in [2.45, 2.75) is 12.6 Å². The molecule has 0 spiro atoms. The molecule has 16 heavy (non-hydrogen) atoms. The number of aliphatic imine (C=N–C) groups is 1. The standard InChI is InChI=1S/C11H12Cl2N2O/c12-9-1-8(2-10(13)3-9)4-14-5-11-6-16-7-15-11/h1-3,7,11,14H,4-6H2. The maximum Gasteiger partial charge on any atom is 0.169 e. The summed E-state index contributed by atoms with van der Waals surface area (Å²) in [7, 11) is 0. The van der Waals surface area contributed by atoms with Crippen LogP contribution in [0.1, 0.15) is 5.56 Å². The predicted octanol–water partition coefficient (Wildman–Crippen LogP) is 2.51. The van der Waals surface area contributed by atoms with Crippen LogP contribution in [0.15, 0.2) is 23.2 Å². The second-order valence-corrected chi connectivity index (χ2v) is 4.52. The van der Waals surface area contributed by atoms with Gasteiger partial charge in [0.15, 0.2) is 6.40 Å². The van der Waals surface area contributed by atoms with Crippen molar-refractivity contribution in [3.05, 3.63) is 33.8 Å². The maximum atomic E-state index is 5.90. The van der Waals surface area contributed by atoms with Gasteiger partial charge in [-0.25, -0.2) is 0 Å². The van der Waals surface area contributed by atoms with Gasteiger partial charge in [-0.2, -0.15) is 0 Å². The van der Waals surface area contributed by atoms with E-state index in [-0.39, 0.29) is 6.04 Å². The molecule has 1 heterocycles. The van der Waals surface area contributed by atoms with Crippen molar-refractivity contribution in [1.82, 2.24) is 5.32 Å². The predicted molar refractivity (Wildman–Crippen MR) is 66.4 cm³/mol. The summed E-state index contributed by atoms with van der Waals surface area (Å²) in [6, 6.07) is 5.74. The van der Waals surface area contributed by atoms with Crippen molar-refractivity contribution in [3.63, 3.8) is 0 Å². The second-order valence-electron chi connectivity index (χ2n) is 3.65. The zero-order valence-corrected chi connectivity index (χ0v) is 10.1. The highest BCUT2D eigenvalue weighted by atomic mass is 35.5. The molecule has 1 aromatic carbocycles. The molecule has 1 aromatic rings. The van der Waals surface area contributed by atoms with Crippen molar-refractivity contribution in [2.24, 2.45) is 4.99 Å². The molecule has 0 saturated heterocycles. The number of rotatable bonds is 4. The number of benzene rings is 1. The van der Waals surface area contributed by atoms with Crippen molar-refractivity contribution in [2.75, 3.05) is 13.2 Å². The maximum absolute atomic E-state index is 5.90. The Morgan fingerprint density at radius 1 is 1.31 bits per heavy atom. The Kier molecular flexibility index (Phi) is 4.04. The normalized spacial score (nSPS) is 18.8. The topological polar surface area (TPSA) is 33.6 Å². The monoisotopic (exact) mass is 258 g/mol. The lowest BCUT2D eigenvalue weighted by atomic mass is 10.2. The molecule has 2 rings (SSSR count). The molecule has 1 unspecified atom stereocenters. The summed E-state index contributed by atoms with van der Waals surface area (Å²) in [4.78, 5) is 4.14. The third kappa shape index (κ3) is 3.37. The Bertz CT molecular complexity index is 375. The Morgan fingerprint density at radius 3 is 2.69 bits per heavy atom. The van der Waals surface area contributed by atoms with Crippen LogP contribution in [0.25, 0.3) is 0 Å². The molecule has 1 N–H and O–H groups in total. The SMILES string of the molecule is Clc1cc(Cl)cc(CNCC2COC=N2)c1. The molecule has 1 aliphatic heterocycles. The first-order valence-electron chi connectivity index (χ1n) is 5.03. The molecular weight excluding hydrogens is 247 g/mol. The minimum absolute atomic E-state index is 0.217. The van der Waals surface area contributed by atoms with Gasteiger partial charge in [-0.1, -0.05) is 23.2 Å². The molecule has 0 radical (unpaired) electrons. The average molecular weight is 259 g/mol. The van der Waals surface area contributed by atoms with Crippen LogP contribution >= 0.6 is 23.2 Å². The van der Waals surface area contributed by atoms with E-state index in [4.69, 9.17) is 27.9 Å². The Labute approximate surface area is 104 Å². The fourth-order valence-corrected chi connectivity index (χ4v) is 2.11. The average Bonchev–Trinajstić information content (AvgIpc) is 2.69. The molecular formula is C11H12Cl2N2O. The number of nitrogens with zero attached hydrogens (tertiary/aromatic N) is 1. The van der Waals surface area contributed by atoms with Crippen molar-refractivity contribution in [3.8, 4) is 0 Å². The van der Waals surface area contributed by atoms with Crippen LogP contribution < -0.4 is 5.32 Å². The largest absolute Gasteiger partial charge is 0.481 e. The molecule has 1 aliphatic rings. The first kappa shape index (κ1) is 11.7. The zero-order valence-electron chi connectivity index (χ0n) is 8.62. The Balaban J connectivity index is 1.82. The summed E-state index contributed by atoms with van der Waals surface area (Å²) < 4.78 is 5.02. The summed E-state index contributed by atoms with van der Waals surface area (Å²) in [5.74, 6) is 0. The van der Waals surface area contributed by atoms with Gasteiger partial charge >= 0.3 is 0 Å². The minimum Gasteiger partial charge on any atom is -0.481 e. The number of nitrogens with one attached hydrogen (secondary N) is 1. The lowest BCUT2D eigenvalue weighted by molar-refractivity contribution is 0.323. The lowest BCUT2D eigenvalue weighted by Crippen LogP contribution is -2.26.